The second-order valence-electron chi connectivity index (χ2n) is 4.72. The summed E-state index contributed by atoms with van der Waals surface area (Å²) in [5, 5.41) is 3.56. The maximum absolute atomic E-state index is 5.47. The van der Waals surface area contributed by atoms with Gasteiger partial charge in [-0.15, -0.1) is 0 Å². The predicted molar refractivity (Wildman–Crippen MR) is 73.4 cm³/mol. The Hall–Kier alpha value is -0.860. The molecule has 0 aliphatic heterocycles. The van der Waals surface area contributed by atoms with Crippen molar-refractivity contribution < 1.29 is 4.74 Å². The molecule has 0 saturated heterocycles. The Labute approximate surface area is 105 Å². The fourth-order valence-electron chi connectivity index (χ4n) is 1.95. The second-order valence-corrected chi connectivity index (χ2v) is 4.72. The van der Waals surface area contributed by atoms with Crippen LogP contribution in [0.1, 0.15) is 43.0 Å². The van der Waals surface area contributed by atoms with Gasteiger partial charge in [0, 0.05) is 7.11 Å². The summed E-state index contributed by atoms with van der Waals surface area (Å²) in [5.41, 5.74) is 4.00. The van der Waals surface area contributed by atoms with E-state index in [0.29, 0.717) is 0 Å². The van der Waals surface area contributed by atoms with E-state index in [9.17, 15) is 0 Å². The molecule has 0 heterocycles. The summed E-state index contributed by atoms with van der Waals surface area (Å²) in [6.07, 6.45) is 1.32. The van der Waals surface area contributed by atoms with Crippen molar-refractivity contribution in [3.63, 3.8) is 0 Å². The van der Waals surface area contributed by atoms with Crippen LogP contribution < -0.4 is 5.32 Å². The topological polar surface area (TPSA) is 21.3 Å². The molecule has 0 spiro atoms. The van der Waals surface area contributed by atoms with Crippen LogP contribution in [0.25, 0.3) is 0 Å². The molecule has 1 aromatic rings. The average molecular weight is 235 g/mol. The molecule has 2 unspecified atom stereocenters. The molecule has 0 radical (unpaired) electrons. The smallest absolute Gasteiger partial charge is 0.0737 e. The zero-order chi connectivity index (χ0) is 12.8. The standard InChI is InChI=1S/C15H25NO/c1-6-9-16-15(13(4)17-5)14-8-7-11(2)12(3)10-14/h7-8,10,13,15-16H,6,9H2,1-5H3. The lowest BCUT2D eigenvalue weighted by Gasteiger charge is -2.25. The van der Waals surface area contributed by atoms with Gasteiger partial charge in [0.05, 0.1) is 12.1 Å². The number of rotatable bonds is 6. The highest BCUT2D eigenvalue weighted by atomic mass is 16.5. The number of ether oxygens (including phenoxy) is 1. The van der Waals surface area contributed by atoms with Crippen LogP contribution in [0.15, 0.2) is 18.2 Å². The van der Waals surface area contributed by atoms with Crippen LogP contribution in [-0.4, -0.2) is 19.8 Å². The van der Waals surface area contributed by atoms with E-state index in [1.54, 1.807) is 7.11 Å². The van der Waals surface area contributed by atoms with Gasteiger partial charge in [-0.3, -0.25) is 0 Å². The summed E-state index contributed by atoms with van der Waals surface area (Å²) in [6, 6.07) is 6.93. The lowest BCUT2D eigenvalue weighted by atomic mass is 9.98. The number of benzene rings is 1. The van der Waals surface area contributed by atoms with Crippen LogP contribution in [0.3, 0.4) is 0 Å². The average Bonchev–Trinajstić information content (AvgIpc) is 2.33. The van der Waals surface area contributed by atoms with Crippen LogP contribution >= 0.6 is 0 Å². The van der Waals surface area contributed by atoms with Crippen molar-refractivity contribution in [3.8, 4) is 0 Å². The van der Waals surface area contributed by atoms with E-state index in [4.69, 9.17) is 4.74 Å². The van der Waals surface area contributed by atoms with Crippen molar-refractivity contribution in [2.45, 2.75) is 46.3 Å². The van der Waals surface area contributed by atoms with Crippen LogP contribution in [0.2, 0.25) is 0 Å². The van der Waals surface area contributed by atoms with Crippen molar-refractivity contribution in [3.05, 3.63) is 34.9 Å². The summed E-state index contributed by atoms with van der Waals surface area (Å²) in [7, 11) is 1.77. The molecule has 0 amide bonds. The van der Waals surface area contributed by atoms with E-state index in [-0.39, 0.29) is 12.1 Å². The number of nitrogens with one attached hydrogen (secondary N) is 1. The Bertz CT molecular complexity index is 349. The molecule has 0 fully saturated rings. The first-order valence-electron chi connectivity index (χ1n) is 6.43. The van der Waals surface area contributed by atoms with E-state index in [0.717, 1.165) is 13.0 Å². The quantitative estimate of drug-likeness (QED) is 0.816. The van der Waals surface area contributed by atoms with E-state index < -0.39 is 0 Å². The number of hydrogen-bond acceptors (Lipinski definition) is 2. The van der Waals surface area contributed by atoms with Gasteiger partial charge in [0.25, 0.3) is 0 Å². The van der Waals surface area contributed by atoms with Crippen LogP contribution in [-0.2, 0) is 4.74 Å². The minimum Gasteiger partial charge on any atom is -0.380 e. The summed E-state index contributed by atoms with van der Waals surface area (Å²) in [5.74, 6) is 0. The first-order chi connectivity index (χ1) is 8.10. The third-order valence-corrected chi connectivity index (χ3v) is 3.35. The Balaban J connectivity index is 2.91. The molecule has 1 aromatic carbocycles. The molecular weight excluding hydrogens is 210 g/mol. The largest absolute Gasteiger partial charge is 0.380 e. The maximum atomic E-state index is 5.47. The summed E-state index contributed by atoms with van der Waals surface area (Å²) in [4.78, 5) is 0. The van der Waals surface area contributed by atoms with Crippen LogP contribution in [0, 0.1) is 13.8 Å². The molecule has 1 N–H and O–H groups in total. The Kier molecular flexibility index (Phi) is 5.66. The van der Waals surface area contributed by atoms with E-state index in [1.807, 2.05) is 0 Å². The Morgan fingerprint density at radius 1 is 1.24 bits per heavy atom. The van der Waals surface area contributed by atoms with E-state index >= 15 is 0 Å². The third kappa shape index (κ3) is 3.83. The van der Waals surface area contributed by atoms with Gasteiger partial charge in [0.2, 0.25) is 0 Å². The van der Waals surface area contributed by atoms with Crippen molar-refractivity contribution in [2.24, 2.45) is 0 Å². The molecule has 0 aliphatic carbocycles. The summed E-state index contributed by atoms with van der Waals surface area (Å²) >= 11 is 0. The van der Waals surface area contributed by atoms with Gasteiger partial charge in [-0.1, -0.05) is 25.1 Å². The predicted octanol–water partition coefficient (Wildman–Crippen LogP) is 3.38. The summed E-state index contributed by atoms with van der Waals surface area (Å²) < 4.78 is 5.47. The van der Waals surface area contributed by atoms with Gasteiger partial charge in [-0.05, 0) is 50.4 Å². The minimum absolute atomic E-state index is 0.184. The fourth-order valence-corrected chi connectivity index (χ4v) is 1.95. The van der Waals surface area contributed by atoms with Gasteiger partial charge in [0.1, 0.15) is 0 Å². The van der Waals surface area contributed by atoms with Crippen molar-refractivity contribution in [2.75, 3.05) is 13.7 Å². The normalized spacial score (nSPS) is 14.6. The highest BCUT2D eigenvalue weighted by Crippen LogP contribution is 2.21. The highest BCUT2D eigenvalue weighted by molar-refractivity contribution is 5.32. The SMILES string of the molecule is CCCNC(c1ccc(C)c(C)c1)C(C)OC. The van der Waals surface area contributed by atoms with Gasteiger partial charge in [0.15, 0.2) is 0 Å². The molecule has 0 saturated carbocycles. The lowest BCUT2D eigenvalue weighted by Crippen LogP contribution is -2.32. The first kappa shape index (κ1) is 14.2. The number of methoxy groups -OCH3 is 1. The molecule has 17 heavy (non-hydrogen) atoms. The molecule has 0 aromatic heterocycles. The molecule has 0 aliphatic rings. The molecule has 2 atom stereocenters. The highest BCUT2D eigenvalue weighted by Gasteiger charge is 2.18. The van der Waals surface area contributed by atoms with Crippen molar-refractivity contribution >= 4 is 0 Å². The van der Waals surface area contributed by atoms with Crippen molar-refractivity contribution in [1.82, 2.24) is 5.32 Å². The number of hydrogen-bond donors (Lipinski definition) is 1. The Morgan fingerprint density at radius 3 is 2.47 bits per heavy atom. The second kappa shape index (κ2) is 6.77. The zero-order valence-corrected chi connectivity index (χ0v) is 11.7. The monoisotopic (exact) mass is 235 g/mol. The van der Waals surface area contributed by atoms with Gasteiger partial charge in [-0.25, -0.2) is 0 Å². The lowest BCUT2D eigenvalue weighted by molar-refractivity contribution is 0.0830. The zero-order valence-electron chi connectivity index (χ0n) is 11.7. The molecule has 1 rings (SSSR count). The minimum atomic E-state index is 0.184. The van der Waals surface area contributed by atoms with E-state index in [2.05, 4.69) is 51.2 Å². The van der Waals surface area contributed by atoms with Crippen LogP contribution in [0.5, 0.6) is 0 Å². The molecule has 2 nitrogen and oxygen atoms in total. The maximum Gasteiger partial charge on any atom is 0.0737 e. The third-order valence-electron chi connectivity index (χ3n) is 3.35. The van der Waals surface area contributed by atoms with Gasteiger partial charge in [-0.2, -0.15) is 0 Å². The van der Waals surface area contributed by atoms with E-state index in [1.165, 1.54) is 16.7 Å². The fraction of sp³-hybridized carbons (Fsp3) is 0.600. The number of aryl methyl sites for hydroxylation is 2. The molecule has 0 bridgehead atoms. The molecular formula is C15H25NO. The van der Waals surface area contributed by atoms with Crippen molar-refractivity contribution in [1.29, 1.82) is 0 Å². The first-order valence-corrected chi connectivity index (χ1v) is 6.43. The van der Waals surface area contributed by atoms with Gasteiger partial charge < -0.3 is 10.1 Å². The Morgan fingerprint density at radius 2 is 1.94 bits per heavy atom. The molecule has 96 valence electrons. The van der Waals surface area contributed by atoms with Crippen LogP contribution in [0.4, 0.5) is 0 Å². The molecule has 2 heteroatoms. The summed E-state index contributed by atoms with van der Waals surface area (Å²) in [6.45, 7) is 9.62. The van der Waals surface area contributed by atoms with Gasteiger partial charge >= 0.3 is 0 Å².